The van der Waals surface area contributed by atoms with E-state index in [1.165, 1.54) is 6.92 Å². The Bertz CT molecular complexity index is 114. The fourth-order valence-corrected chi connectivity index (χ4v) is 0.345. The number of thiol groups is 1. The summed E-state index contributed by atoms with van der Waals surface area (Å²) in [4.78, 5) is 10.4. The van der Waals surface area contributed by atoms with E-state index in [-0.39, 0.29) is 5.75 Å². The molecule has 10 heavy (non-hydrogen) atoms. The van der Waals surface area contributed by atoms with Gasteiger partial charge < -0.3 is 14.9 Å². The molecule has 0 fully saturated rings. The third kappa shape index (κ3) is 3.71. The highest BCUT2D eigenvalue weighted by Gasteiger charge is 2.14. The first-order valence-corrected chi connectivity index (χ1v) is 3.37. The molecule has 0 spiro atoms. The maximum absolute atomic E-state index is 10.4. The number of rotatable bonds is 3. The standard InChI is InChI=1S/C5H10O4S/c1-3(6)5(8)9-4(7)2-10/h3,5-6,8,10H,2H2,1H3. The van der Waals surface area contributed by atoms with Crippen LogP contribution >= 0.6 is 12.6 Å². The molecule has 0 saturated carbocycles. The van der Waals surface area contributed by atoms with Crippen molar-refractivity contribution in [3.05, 3.63) is 0 Å². The highest BCUT2D eigenvalue weighted by atomic mass is 32.1. The van der Waals surface area contributed by atoms with E-state index in [0.29, 0.717) is 0 Å². The molecule has 2 atom stereocenters. The summed E-state index contributed by atoms with van der Waals surface area (Å²) in [5, 5.41) is 17.3. The molecule has 0 aromatic heterocycles. The van der Waals surface area contributed by atoms with Crippen molar-refractivity contribution in [2.75, 3.05) is 5.75 Å². The van der Waals surface area contributed by atoms with Gasteiger partial charge in [-0.05, 0) is 6.92 Å². The molecule has 0 amide bonds. The Balaban J connectivity index is 3.57. The largest absolute Gasteiger partial charge is 0.432 e. The third-order valence-corrected chi connectivity index (χ3v) is 1.05. The van der Waals surface area contributed by atoms with E-state index in [9.17, 15) is 4.79 Å². The highest BCUT2D eigenvalue weighted by molar-refractivity contribution is 7.81. The van der Waals surface area contributed by atoms with Crippen LogP contribution in [0.3, 0.4) is 0 Å². The molecule has 0 aromatic rings. The minimum atomic E-state index is -1.44. The Morgan fingerprint density at radius 3 is 2.50 bits per heavy atom. The van der Waals surface area contributed by atoms with Crippen LogP contribution in [0.15, 0.2) is 0 Å². The van der Waals surface area contributed by atoms with Crippen LogP contribution in [0.5, 0.6) is 0 Å². The van der Waals surface area contributed by atoms with Gasteiger partial charge in [0.15, 0.2) is 0 Å². The number of aliphatic hydroxyl groups excluding tert-OH is 2. The van der Waals surface area contributed by atoms with Gasteiger partial charge in [0, 0.05) is 0 Å². The second kappa shape index (κ2) is 4.54. The second-order valence-electron chi connectivity index (χ2n) is 1.78. The number of carbonyl (C=O) groups is 1. The highest BCUT2D eigenvalue weighted by Crippen LogP contribution is 1.95. The average molecular weight is 166 g/mol. The Hall–Kier alpha value is -0.260. The van der Waals surface area contributed by atoms with Crippen LogP contribution in [0, 0.1) is 0 Å². The topological polar surface area (TPSA) is 66.8 Å². The van der Waals surface area contributed by atoms with Crippen molar-refractivity contribution in [1.82, 2.24) is 0 Å². The van der Waals surface area contributed by atoms with E-state index in [4.69, 9.17) is 10.2 Å². The molecule has 60 valence electrons. The van der Waals surface area contributed by atoms with E-state index in [1.54, 1.807) is 0 Å². The van der Waals surface area contributed by atoms with Crippen LogP contribution in [0.4, 0.5) is 0 Å². The molecule has 0 bridgehead atoms. The summed E-state index contributed by atoms with van der Waals surface area (Å²) in [6, 6.07) is 0. The summed E-state index contributed by atoms with van der Waals surface area (Å²) < 4.78 is 4.25. The minimum absolute atomic E-state index is 0.107. The summed E-state index contributed by atoms with van der Waals surface area (Å²) in [5.74, 6) is -0.763. The molecule has 0 radical (unpaired) electrons. The smallest absolute Gasteiger partial charge is 0.318 e. The summed E-state index contributed by atoms with van der Waals surface area (Å²) in [6.45, 7) is 1.32. The van der Waals surface area contributed by atoms with Crippen LogP contribution in [0.25, 0.3) is 0 Å². The molecule has 0 aliphatic rings. The molecule has 0 aliphatic heterocycles. The van der Waals surface area contributed by atoms with Crippen molar-refractivity contribution in [2.45, 2.75) is 19.3 Å². The van der Waals surface area contributed by atoms with Gasteiger partial charge in [0.2, 0.25) is 6.29 Å². The second-order valence-corrected chi connectivity index (χ2v) is 2.10. The van der Waals surface area contributed by atoms with E-state index in [0.717, 1.165) is 0 Å². The first-order valence-electron chi connectivity index (χ1n) is 2.74. The van der Waals surface area contributed by atoms with Crippen LogP contribution < -0.4 is 0 Å². The first-order chi connectivity index (χ1) is 4.57. The number of carbonyl (C=O) groups excluding carboxylic acids is 1. The molecule has 2 N–H and O–H groups in total. The van der Waals surface area contributed by atoms with Crippen LogP contribution in [0.2, 0.25) is 0 Å². The van der Waals surface area contributed by atoms with Crippen molar-refractivity contribution >= 4 is 18.6 Å². The van der Waals surface area contributed by atoms with Gasteiger partial charge in [-0.25, -0.2) is 0 Å². The molecule has 4 nitrogen and oxygen atoms in total. The quantitative estimate of drug-likeness (QED) is 0.290. The molecule has 0 aromatic carbocycles. The normalized spacial score (nSPS) is 16.0. The Morgan fingerprint density at radius 2 is 2.20 bits per heavy atom. The Morgan fingerprint density at radius 1 is 1.70 bits per heavy atom. The summed E-state index contributed by atoms with van der Waals surface area (Å²) in [6.07, 6.45) is -2.51. The predicted octanol–water partition coefficient (Wildman–Crippen LogP) is -0.841. The monoisotopic (exact) mass is 166 g/mol. The van der Waals surface area contributed by atoms with Crippen molar-refractivity contribution in [1.29, 1.82) is 0 Å². The maximum Gasteiger partial charge on any atom is 0.318 e. The number of aliphatic hydroxyl groups is 2. The van der Waals surface area contributed by atoms with Crippen LogP contribution in [-0.2, 0) is 9.53 Å². The predicted molar refractivity (Wildman–Crippen MR) is 37.6 cm³/mol. The SMILES string of the molecule is CC(O)C(O)OC(=O)CS. The fraction of sp³-hybridized carbons (Fsp3) is 0.800. The van der Waals surface area contributed by atoms with E-state index < -0.39 is 18.4 Å². The molecule has 5 heteroatoms. The number of esters is 1. The third-order valence-electron chi connectivity index (χ3n) is 0.794. The van der Waals surface area contributed by atoms with Gasteiger partial charge in [-0.15, -0.1) is 0 Å². The van der Waals surface area contributed by atoms with Gasteiger partial charge in [-0.1, -0.05) is 0 Å². The van der Waals surface area contributed by atoms with Gasteiger partial charge in [-0.3, -0.25) is 4.79 Å². The molecule has 0 heterocycles. The lowest BCUT2D eigenvalue weighted by Gasteiger charge is -2.12. The zero-order chi connectivity index (χ0) is 8.15. The summed E-state index contributed by atoms with van der Waals surface area (Å²) >= 11 is 3.59. The van der Waals surface area contributed by atoms with Gasteiger partial charge in [0.25, 0.3) is 0 Å². The molecule has 0 saturated heterocycles. The van der Waals surface area contributed by atoms with Gasteiger partial charge in [0.05, 0.1) is 5.75 Å². The molecular weight excluding hydrogens is 156 g/mol. The van der Waals surface area contributed by atoms with Crippen molar-refractivity contribution < 1.29 is 19.7 Å². The minimum Gasteiger partial charge on any atom is -0.432 e. The fourth-order valence-electron chi connectivity index (χ4n) is 0.270. The van der Waals surface area contributed by atoms with Crippen molar-refractivity contribution in [3.63, 3.8) is 0 Å². The van der Waals surface area contributed by atoms with Crippen molar-refractivity contribution in [3.8, 4) is 0 Å². The van der Waals surface area contributed by atoms with Crippen molar-refractivity contribution in [2.24, 2.45) is 0 Å². The van der Waals surface area contributed by atoms with Crippen LogP contribution in [-0.4, -0.2) is 34.3 Å². The Kier molecular flexibility index (Phi) is 4.42. The average Bonchev–Trinajstić information content (AvgIpc) is 1.87. The first kappa shape index (κ1) is 9.74. The molecular formula is C5H10O4S. The lowest BCUT2D eigenvalue weighted by atomic mass is 10.4. The zero-order valence-electron chi connectivity index (χ0n) is 5.52. The number of ether oxygens (including phenoxy) is 1. The van der Waals surface area contributed by atoms with E-state index >= 15 is 0 Å². The summed E-state index contributed by atoms with van der Waals surface area (Å²) in [7, 11) is 0. The van der Waals surface area contributed by atoms with Gasteiger partial charge in [-0.2, -0.15) is 12.6 Å². The molecule has 2 unspecified atom stereocenters. The van der Waals surface area contributed by atoms with Gasteiger partial charge >= 0.3 is 5.97 Å². The molecule has 0 aliphatic carbocycles. The zero-order valence-corrected chi connectivity index (χ0v) is 6.41. The van der Waals surface area contributed by atoms with E-state index in [2.05, 4.69) is 17.4 Å². The van der Waals surface area contributed by atoms with Crippen LogP contribution in [0.1, 0.15) is 6.92 Å². The number of hydrogen-bond donors (Lipinski definition) is 3. The number of hydrogen-bond acceptors (Lipinski definition) is 5. The maximum atomic E-state index is 10.4. The lowest BCUT2D eigenvalue weighted by Crippen LogP contribution is -2.28. The van der Waals surface area contributed by atoms with Gasteiger partial charge in [0.1, 0.15) is 6.10 Å². The lowest BCUT2D eigenvalue weighted by molar-refractivity contribution is -0.181. The van der Waals surface area contributed by atoms with E-state index in [1.807, 2.05) is 0 Å². The molecule has 0 rings (SSSR count). The Labute approximate surface area is 64.2 Å². The summed E-state index contributed by atoms with van der Waals surface area (Å²) in [5.41, 5.74) is 0.